The van der Waals surface area contributed by atoms with Crippen LogP contribution in [0.1, 0.15) is 26.7 Å². The van der Waals surface area contributed by atoms with E-state index in [0.29, 0.717) is 31.0 Å². The number of aliphatic hydroxyl groups is 1. The minimum Gasteiger partial charge on any atom is -0.390 e. The van der Waals surface area contributed by atoms with Crippen molar-refractivity contribution in [2.75, 3.05) is 19.8 Å². The summed E-state index contributed by atoms with van der Waals surface area (Å²) < 4.78 is 25.1. The van der Waals surface area contributed by atoms with Gasteiger partial charge in [0.05, 0.1) is 36.9 Å². The van der Waals surface area contributed by atoms with Gasteiger partial charge in [0.2, 0.25) is 0 Å². The van der Waals surface area contributed by atoms with E-state index in [0.717, 1.165) is 19.4 Å². The van der Waals surface area contributed by atoms with Crippen molar-refractivity contribution in [2.45, 2.75) is 56.9 Å². The second-order valence-corrected chi connectivity index (χ2v) is 8.69. The SMILES string of the molecule is C[C@@H]1COC2CC34C5OCC3(OC3OC[C@H](O)C34C[C@H]5C)C21. The molecule has 10 atom stereocenters. The van der Waals surface area contributed by atoms with Crippen molar-refractivity contribution in [1.82, 2.24) is 0 Å². The van der Waals surface area contributed by atoms with Crippen LogP contribution in [0.25, 0.3) is 0 Å². The summed E-state index contributed by atoms with van der Waals surface area (Å²) in [6, 6.07) is 0. The summed E-state index contributed by atoms with van der Waals surface area (Å²) in [5.41, 5.74) is -0.722. The molecule has 6 rings (SSSR count). The molecule has 2 saturated carbocycles. The minimum absolute atomic E-state index is 0.121. The third kappa shape index (κ3) is 0.973. The molecule has 4 heterocycles. The third-order valence-corrected chi connectivity index (χ3v) is 8.11. The molecule has 4 aliphatic heterocycles. The van der Waals surface area contributed by atoms with E-state index in [2.05, 4.69) is 13.8 Å². The second kappa shape index (κ2) is 3.57. The smallest absolute Gasteiger partial charge is 0.167 e. The van der Waals surface area contributed by atoms with Crippen LogP contribution in [-0.2, 0) is 18.9 Å². The summed E-state index contributed by atoms with van der Waals surface area (Å²) in [4.78, 5) is 0. The van der Waals surface area contributed by atoms with Crippen molar-refractivity contribution in [3.05, 3.63) is 0 Å². The lowest BCUT2D eigenvalue weighted by atomic mass is 9.57. The summed E-state index contributed by atoms with van der Waals surface area (Å²) >= 11 is 0. The molecule has 7 unspecified atom stereocenters. The van der Waals surface area contributed by atoms with Crippen molar-refractivity contribution in [1.29, 1.82) is 0 Å². The highest BCUT2D eigenvalue weighted by Gasteiger charge is 2.90. The van der Waals surface area contributed by atoms with E-state index < -0.39 is 6.10 Å². The number of hydrogen-bond donors (Lipinski definition) is 1. The van der Waals surface area contributed by atoms with Gasteiger partial charge in [-0.3, -0.25) is 0 Å². The average Bonchev–Trinajstić information content (AvgIpc) is 3.19. The van der Waals surface area contributed by atoms with E-state index in [1.165, 1.54) is 0 Å². The Hall–Kier alpha value is -0.200. The maximum atomic E-state index is 10.9. The molecular weight excluding hydrogens is 284 g/mol. The third-order valence-electron chi connectivity index (χ3n) is 8.11. The van der Waals surface area contributed by atoms with Gasteiger partial charge in [-0.1, -0.05) is 13.8 Å². The standard InChI is InChI=1S/C17H24O5/c1-8-3-15-11(18)6-20-14(15)22-17-7-21-13(8)16(15,17)4-10-12(17)9(2)5-19-10/h8-14,18H,3-7H2,1-2H3/t8-,9-,10?,11+,12?,13?,14?,15?,16?,17?/m1/s1. The number of aliphatic hydroxyl groups excluding tert-OH is 1. The van der Waals surface area contributed by atoms with Gasteiger partial charge in [-0.2, -0.15) is 0 Å². The lowest BCUT2D eigenvalue weighted by molar-refractivity contribution is -0.192. The number of rotatable bonds is 0. The predicted molar refractivity (Wildman–Crippen MR) is 75.0 cm³/mol. The molecule has 0 amide bonds. The van der Waals surface area contributed by atoms with Crippen molar-refractivity contribution in [3.63, 3.8) is 0 Å². The molecule has 1 N–H and O–H groups in total. The van der Waals surface area contributed by atoms with Crippen LogP contribution in [0.15, 0.2) is 0 Å². The summed E-state index contributed by atoms with van der Waals surface area (Å²) in [7, 11) is 0. The predicted octanol–water partition coefficient (Wildman–Crippen LogP) is 0.939. The van der Waals surface area contributed by atoms with Gasteiger partial charge in [0.1, 0.15) is 5.60 Å². The molecule has 4 saturated heterocycles. The van der Waals surface area contributed by atoms with Crippen molar-refractivity contribution < 1.29 is 24.1 Å². The molecule has 5 nitrogen and oxygen atoms in total. The Kier molecular flexibility index (Phi) is 2.13. The molecule has 0 aromatic carbocycles. The van der Waals surface area contributed by atoms with Crippen LogP contribution in [-0.4, -0.2) is 55.1 Å². The monoisotopic (exact) mass is 308 g/mol. The molecule has 122 valence electrons. The zero-order valence-corrected chi connectivity index (χ0v) is 13.2. The van der Waals surface area contributed by atoms with E-state index in [9.17, 15) is 5.11 Å². The number of fused-ring (bicyclic) bond motifs is 1. The van der Waals surface area contributed by atoms with Crippen LogP contribution in [0, 0.1) is 28.6 Å². The van der Waals surface area contributed by atoms with Crippen molar-refractivity contribution >= 4 is 0 Å². The Balaban J connectivity index is 1.62. The molecule has 0 bridgehead atoms. The first-order chi connectivity index (χ1) is 10.6. The van der Waals surface area contributed by atoms with Crippen LogP contribution in [0.3, 0.4) is 0 Å². The maximum absolute atomic E-state index is 10.9. The molecule has 0 aromatic rings. The fourth-order valence-electron chi connectivity index (χ4n) is 7.76. The van der Waals surface area contributed by atoms with Crippen LogP contribution in [0.5, 0.6) is 0 Å². The summed E-state index contributed by atoms with van der Waals surface area (Å²) in [5.74, 6) is 1.30. The van der Waals surface area contributed by atoms with Gasteiger partial charge in [0.15, 0.2) is 6.29 Å². The number of ether oxygens (including phenoxy) is 4. The van der Waals surface area contributed by atoms with Gasteiger partial charge in [-0.05, 0) is 24.7 Å². The van der Waals surface area contributed by atoms with Gasteiger partial charge in [0.25, 0.3) is 0 Å². The lowest BCUT2D eigenvalue weighted by Crippen LogP contribution is -2.55. The summed E-state index contributed by atoms with van der Waals surface area (Å²) in [6.45, 7) is 6.39. The molecule has 6 fully saturated rings. The average molecular weight is 308 g/mol. The lowest BCUT2D eigenvalue weighted by Gasteiger charge is -2.43. The Bertz CT molecular complexity index is 553. The maximum Gasteiger partial charge on any atom is 0.167 e. The molecule has 5 heteroatoms. The fourth-order valence-corrected chi connectivity index (χ4v) is 7.76. The highest BCUT2D eigenvalue weighted by Crippen LogP contribution is 2.81. The highest BCUT2D eigenvalue weighted by atomic mass is 16.7. The van der Waals surface area contributed by atoms with E-state index in [1.54, 1.807) is 0 Å². The molecule has 0 radical (unpaired) electrons. The molecule has 0 aromatic heterocycles. The Morgan fingerprint density at radius 3 is 2.73 bits per heavy atom. The van der Waals surface area contributed by atoms with Gasteiger partial charge in [0, 0.05) is 17.9 Å². The fraction of sp³-hybridized carbons (Fsp3) is 1.00. The zero-order valence-electron chi connectivity index (χ0n) is 13.2. The van der Waals surface area contributed by atoms with Gasteiger partial charge >= 0.3 is 0 Å². The Morgan fingerprint density at radius 2 is 1.86 bits per heavy atom. The first kappa shape index (κ1) is 13.1. The molecule has 2 aliphatic carbocycles. The molecular formula is C17H24O5. The van der Waals surface area contributed by atoms with E-state index in [-0.39, 0.29) is 34.9 Å². The van der Waals surface area contributed by atoms with E-state index in [4.69, 9.17) is 18.9 Å². The molecule has 22 heavy (non-hydrogen) atoms. The van der Waals surface area contributed by atoms with Gasteiger partial charge < -0.3 is 24.1 Å². The topological polar surface area (TPSA) is 57.2 Å². The quantitative estimate of drug-likeness (QED) is 0.722. The normalized spacial score (nSPS) is 70.8. The van der Waals surface area contributed by atoms with Crippen LogP contribution in [0.4, 0.5) is 0 Å². The van der Waals surface area contributed by atoms with Gasteiger partial charge in [-0.15, -0.1) is 0 Å². The first-order valence-electron chi connectivity index (χ1n) is 8.77. The highest BCUT2D eigenvalue weighted by molar-refractivity contribution is 5.35. The summed E-state index contributed by atoms with van der Waals surface area (Å²) in [6.07, 6.45) is 1.65. The van der Waals surface area contributed by atoms with Gasteiger partial charge in [-0.25, -0.2) is 0 Å². The van der Waals surface area contributed by atoms with Crippen LogP contribution in [0.2, 0.25) is 0 Å². The van der Waals surface area contributed by atoms with Crippen molar-refractivity contribution in [3.8, 4) is 0 Å². The van der Waals surface area contributed by atoms with Crippen LogP contribution >= 0.6 is 0 Å². The Labute approximate surface area is 130 Å². The summed E-state index contributed by atoms with van der Waals surface area (Å²) in [5, 5.41) is 10.9. The van der Waals surface area contributed by atoms with Crippen molar-refractivity contribution in [2.24, 2.45) is 28.6 Å². The molecule has 6 aliphatic rings. The zero-order chi connectivity index (χ0) is 14.9. The van der Waals surface area contributed by atoms with E-state index in [1.807, 2.05) is 0 Å². The Morgan fingerprint density at radius 1 is 1.00 bits per heavy atom. The number of hydrogen-bond acceptors (Lipinski definition) is 5. The molecule has 2 spiro atoms. The minimum atomic E-state index is -0.442. The largest absolute Gasteiger partial charge is 0.390 e. The second-order valence-electron chi connectivity index (χ2n) is 8.69. The first-order valence-corrected chi connectivity index (χ1v) is 8.77. The van der Waals surface area contributed by atoms with Crippen LogP contribution < -0.4 is 0 Å². The van der Waals surface area contributed by atoms with E-state index >= 15 is 0 Å².